The highest BCUT2D eigenvalue weighted by Crippen LogP contribution is 2.37. The van der Waals surface area contributed by atoms with Crippen LogP contribution in [0.25, 0.3) is 0 Å². The second-order valence-electron chi connectivity index (χ2n) is 7.59. The minimum Gasteiger partial charge on any atom is -0.486 e. The van der Waals surface area contributed by atoms with Crippen LogP contribution < -0.4 is 19.7 Å². The molecule has 2 aliphatic rings. The minimum atomic E-state index is -0.995. The number of nitrogens with zero attached hydrogens (tertiary/aromatic N) is 2. The summed E-state index contributed by atoms with van der Waals surface area (Å²) in [7, 11) is 0. The molecule has 1 saturated heterocycles. The highest BCUT2D eigenvalue weighted by atomic mass is 16.6. The lowest BCUT2D eigenvalue weighted by Gasteiger charge is -2.19. The van der Waals surface area contributed by atoms with Crippen LogP contribution in [0.2, 0.25) is 0 Å². The molecule has 1 N–H and O–H groups in total. The van der Waals surface area contributed by atoms with Crippen molar-refractivity contribution in [1.29, 1.82) is 0 Å². The van der Waals surface area contributed by atoms with E-state index in [9.17, 15) is 19.7 Å². The lowest BCUT2D eigenvalue weighted by atomic mass is 10.1. The van der Waals surface area contributed by atoms with E-state index < -0.39 is 29.1 Å². The molecule has 2 aromatic carbocycles. The molecule has 2 heterocycles. The molecule has 0 aromatic heterocycles. The highest BCUT2D eigenvalue weighted by Gasteiger charge is 2.28. The number of carbonyl (C=O) groups is 2. The number of carbonyl (C=O) groups excluding carboxylic acids is 2. The normalized spacial score (nSPS) is 14.7. The molecule has 0 radical (unpaired) electrons. The maximum absolute atomic E-state index is 12.5. The molecule has 0 saturated carbocycles. The Morgan fingerprint density at radius 3 is 2.47 bits per heavy atom. The van der Waals surface area contributed by atoms with Gasteiger partial charge in [-0.2, -0.15) is 0 Å². The van der Waals surface area contributed by atoms with Gasteiger partial charge in [0.1, 0.15) is 18.8 Å². The number of ether oxygens (including phenoxy) is 3. The van der Waals surface area contributed by atoms with E-state index in [1.54, 1.807) is 0 Å². The average Bonchev–Trinajstić information content (AvgIpc) is 3.33. The van der Waals surface area contributed by atoms with Crippen molar-refractivity contribution < 1.29 is 28.7 Å². The van der Waals surface area contributed by atoms with Gasteiger partial charge in [-0.3, -0.25) is 14.9 Å². The second-order valence-corrected chi connectivity index (χ2v) is 7.59. The first kappa shape index (κ1) is 21.4. The van der Waals surface area contributed by atoms with Crippen LogP contribution in [0.1, 0.15) is 28.8 Å². The summed E-state index contributed by atoms with van der Waals surface area (Å²) in [5.74, 6) is -1.14. The van der Waals surface area contributed by atoms with Gasteiger partial charge in [-0.1, -0.05) is 0 Å². The summed E-state index contributed by atoms with van der Waals surface area (Å²) in [6.45, 7) is 3.86. The van der Waals surface area contributed by atoms with Gasteiger partial charge in [0, 0.05) is 30.5 Å². The molecular weight excluding hydrogens is 418 g/mol. The average molecular weight is 441 g/mol. The van der Waals surface area contributed by atoms with Crippen molar-refractivity contribution >= 4 is 28.9 Å². The van der Waals surface area contributed by atoms with Gasteiger partial charge in [0.2, 0.25) is 0 Å². The van der Waals surface area contributed by atoms with E-state index in [0.29, 0.717) is 5.69 Å². The Morgan fingerprint density at radius 2 is 1.81 bits per heavy atom. The first-order valence-electron chi connectivity index (χ1n) is 10.3. The number of anilines is 2. The standard InChI is InChI=1S/C22H23N3O7/c1-14-10-15(24-6-2-3-7-24)4-5-17(14)23-21(26)13-32-22(27)16-11-19-20(31-9-8-30-19)12-18(16)25(28)29/h4-5,10-12H,2-3,6-9,13H2,1H3,(H,23,26). The smallest absolute Gasteiger partial charge is 0.345 e. The predicted octanol–water partition coefficient (Wildman–Crippen LogP) is 3.07. The van der Waals surface area contributed by atoms with E-state index in [4.69, 9.17) is 14.2 Å². The number of hydrogen-bond donors (Lipinski definition) is 1. The fourth-order valence-corrected chi connectivity index (χ4v) is 3.75. The van der Waals surface area contributed by atoms with Gasteiger partial charge < -0.3 is 24.4 Å². The zero-order chi connectivity index (χ0) is 22.7. The van der Waals surface area contributed by atoms with Crippen molar-refractivity contribution in [2.75, 3.05) is 43.1 Å². The molecule has 2 aliphatic heterocycles. The third-order valence-corrected chi connectivity index (χ3v) is 5.37. The van der Waals surface area contributed by atoms with E-state index in [1.165, 1.54) is 18.9 Å². The van der Waals surface area contributed by atoms with Crippen molar-refractivity contribution in [3.8, 4) is 11.5 Å². The van der Waals surface area contributed by atoms with Crippen molar-refractivity contribution in [3.63, 3.8) is 0 Å². The van der Waals surface area contributed by atoms with Gasteiger partial charge in [0.25, 0.3) is 11.6 Å². The number of nitrogens with one attached hydrogen (secondary N) is 1. The number of esters is 1. The lowest BCUT2D eigenvalue weighted by molar-refractivity contribution is -0.385. The highest BCUT2D eigenvalue weighted by molar-refractivity contribution is 5.98. The molecule has 0 unspecified atom stereocenters. The molecule has 0 bridgehead atoms. The van der Waals surface area contributed by atoms with Gasteiger partial charge >= 0.3 is 5.97 Å². The van der Waals surface area contributed by atoms with Gasteiger partial charge in [-0.25, -0.2) is 4.79 Å². The predicted molar refractivity (Wildman–Crippen MR) is 116 cm³/mol. The zero-order valence-electron chi connectivity index (χ0n) is 17.6. The summed E-state index contributed by atoms with van der Waals surface area (Å²) < 4.78 is 15.7. The Kier molecular flexibility index (Phi) is 6.11. The van der Waals surface area contributed by atoms with Crippen LogP contribution in [0.15, 0.2) is 30.3 Å². The van der Waals surface area contributed by atoms with Crippen molar-refractivity contribution in [3.05, 3.63) is 51.6 Å². The Balaban J connectivity index is 1.40. The number of fused-ring (bicyclic) bond motifs is 1. The first-order valence-corrected chi connectivity index (χ1v) is 10.3. The van der Waals surface area contributed by atoms with Gasteiger partial charge in [0.05, 0.1) is 11.0 Å². The topological polar surface area (TPSA) is 120 Å². The number of amides is 1. The van der Waals surface area contributed by atoms with Crippen LogP contribution in [-0.4, -0.2) is 49.7 Å². The van der Waals surface area contributed by atoms with Crippen LogP contribution in [0.3, 0.4) is 0 Å². The second kappa shape index (κ2) is 9.13. The molecule has 32 heavy (non-hydrogen) atoms. The molecule has 0 spiro atoms. The SMILES string of the molecule is Cc1cc(N2CCCC2)ccc1NC(=O)COC(=O)c1cc2c(cc1[N+](=O)[O-])OCCO2. The summed E-state index contributed by atoms with van der Waals surface area (Å²) in [4.78, 5) is 37.7. The molecule has 0 aliphatic carbocycles. The number of nitro groups is 1. The largest absolute Gasteiger partial charge is 0.486 e. The van der Waals surface area contributed by atoms with Crippen molar-refractivity contribution in [1.82, 2.24) is 0 Å². The van der Waals surface area contributed by atoms with Crippen molar-refractivity contribution in [2.24, 2.45) is 0 Å². The zero-order valence-corrected chi connectivity index (χ0v) is 17.6. The Hall–Kier alpha value is -3.82. The van der Waals surface area contributed by atoms with Gasteiger partial charge in [-0.15, -0.1) is 0 Å². The molecule has 0 atom stereocenters. The Labute approximate surface area is 184 Å². The van der Waals surface area contributed by atoms with Crippen LogP contribution in [0.4, 0.5) is 17.1 Å². The number of nitro benzene ring substituents is 1. The van der Waals surface area contributed by atoms with Gasteiger partial charge in [-0.05, 0) is 43.5 Å². The fourth-order valence-electron chi connectivity index (χ4n) is 3.75. The lowest BCUT2D eigenvalue weighted by Crippen LogP contribution is -2.22. The monoisotopic (exact) mass is 441 g/mol. The molecule has 4 rings (SSSR count). The van der Waals surface area contributed by atoms with Gasteiger partial charge in [0.15, 0.2) is 18.1 Å². The molecule has 1 amide bonds. The van der Waals surface area contributed by atoms with E-state index in [2.05, 4.69) is 10.2 Å². The first-order chi connectivity index (χ1) is 15.4. The molecule has 2 aromatic rings. The number of benzene rings is 2. The van der Waals surface area contributed by atoms with E-state index in [-0.39, 0.29) is 30.3 Å². The maximum Gasteiger partial charge on any atom is 0.345 e. The molecule has 10 heteroatoms. The summed E-state index contributed by atoms with van der Waals surface area (Å²) in [5.41, 5.74) is 1.82. The molecular formula is C22H23N3O7. The van der Waals surface area contributed by atoms with E-state index >= 15 is 0 Å². The summed E-state index contributed by atoms with van der Waals surface area (Å²) in [6, 6.07) is 8.09. The quantitative estimate of drug-likeness (QED) is 0.413. The summed E-state index contributed by atoms with van der Waals surface area (Å²) >= 11 is 0. The van der Waals surface area contributed by atoms with Crippen LogP contribution in [-0.2, 0) is 9.53 Å². The van der Waals surface area contributed by atoms with E-state index in [1.807, 2.05) is 25.1 Å². The third-order valence-electron chi connectivity index (χ3n) is 5.37. The molecule has 168 valence electrons. The van der Waals surface area contributed by atoms with Crippen LogP contribution >= 0.6 is 0 Å². The van der Waals surface area contributed by atoms with Crippen LogP contribution in [0.5, 0.6) is 11.5 Å². The number of hydrogen-bond acceptors (Lipinski definition) is 8. The third kappa shape index (κ3) is 4.58. The molecule has 1 fully saturated rings. The number of rotatable bonds is 6. The van der Waals surface area contributed by atoms with Crippen molar-refractivity contribution in [2.45, 2.75) is 19.8 Å². The Bertz CT molecular complexity index is 1060. The maximum atomic E-state index is 12.5. The molecule has 10 nitrogen and oxygen atoms in total. The Morgan fingerprint density at radius 1 is 1.12 bits per heavy atom. The minimum absolute atomic E-state index is 0.185. The number of aryl methyl sites for hydroxylation is 1. The van der Waals surface area contributed by atoms with E-state index in [0.717, 1.165) is 30.4 Å². The fraction of sp³-hybridized carbons (Fsp3) is 0.364. The summed E-state index contributed by atoms with van der Waals surface area (Å²) in [5, 5.41) is 14.1. The summed E-state index contributed by atoms with van der Waals surface area (Å²) in [6.07, 6.45) is 2.34. The van der Waals surface area contributed by atoms with Crippen LogP contribution in [0, 0.1) is 17.0 Å².